The Balaban J connectivity index is 2.34. The fourth-order valence-corrected chi connectivity index (χ4v) is 3.35. The molecular formula is C17H21N5O7S. The normalized spacial score (nSPS) is 10.9. The number of aryl methyl sites for hydroxylation is 1. The highest BCUT2D eigenvalue weighted by atomic mass is 32.2. The third kappa shape index (κ3) is 5.84. The first-order valence-electron chi connectivity index (χ1n) is 8.72. The molecule has 1 aromatic carbocycles. The summed E-state index contributed by atoms with van der Waals surface area (Å²) >= 11 is 0. The van der Waals surface area contributed by atoms with E-state index in [0.29, 0.717) is 6.61 Å². The van der Waals surface area contributed by atoms with Crippen molar-refractivity contribution in [1.82, 2.24) is 19.3 Å². The summed E-state index contributed by atoms with van der Waals surface area (Å²) in [7, 11) is -3.28. The molecule has 162 valence electrons. The number of urea groups is 1. The van der Waals surface area contributed by atoms with Crippen molar-refractivity contribution in [3.8, 4) is 6.01 Å². The van der Waals surface area contributed by atoms with Crippen molar-refractivity contribution in [2.75, 3.05) is 32.2 Å². The van der Waals surface area contributed by atoms with Crippen molar-refractivity contribution in [3.63, 3.8) is 0 Å². The Kier molecular flexibility index (Phi) is 8.00. The van der Waals surface area contributed by atoms with Crippen LogP contribution in [0.15, 0.2) is 35.2 Å². The van der Waals surface area contributed by atoms with Crippen molar-refractivity contribution in [2.24, 2.45) is 0 Å². The summed E-state index contributed by atoms with van der Waals surface area (Å²) in [5.41, 5.74) is 0. The average Bonchev–Trinajstić information content (AvgIpc) is 2.71. The summed E-state index contributed by atoms with van der Waals surface area (Å²) < 4.78 is 40.7. The van der Waals surface area contributed by atoms with Crippen LogP contribution in [0, 0.1) is 6.92 Å². The molecule has 30 heavy (non-hydrogen) atoms. The van der Waals surface area contributed by atoms with Gasteiger partial charge in [-0.3, -0.25) is 5.32 Å². The molecule has 2 rings (SSSR count). The Morgan fingerprint density at radius 3 is 2.43 bits per heavy atom. The molecule has 12 nitrogen and oxygen atoms in total. The second kappa shape index (κ2) is 10.5. The predicted octanol–water partition coefficient (Wildman–Crippen LogP) is 1.58. The Bertz CT molecular complexity index is 985. The minimum atomic E-state index is -4.58. The molecule has 0 saturated carbocycles. The van der Waals surface area contributed by atoms with Gasteiger partial charge in [0.15, 0.2) is 0 Å². The molecular weight excluding hydrogens is 418 g/mol. The van der Waals surface area contributed by atoms with Gasteiger partial charge < -0.3 is 14.2 Å². The van der Waals surface area contributed by atoms with Crippen LogP contribution in [0.4, 0.5) is 15.5 Å². The van der Waals surface area contributed by atoms with E-state index in [9.17, 15) is 18.0 Å². The summed E-state index contributed by atoms with van der Waals surface area (Å²) in [6, 6.07) is 5.51. The van der Waals surface area contributed by atoms with Gasteiger partial charge in [0.25, 0.3) is 10.0 Å². The molecule has 0 unspecified atom stereocenters. The maximum atomic E-state index is 12.9. The largest absolute Gasteiger partial charge is 0.467 e. The number of sulfonamides is 1. The van der Waals surface area contributed by atoms with Crippen LogP contribution >= 0.6 is 0 Å². The lowest BCUT2D eigenvalue weighted by Gasteiger charge is -2.20. The van der Waals surface area contributed by atoms with E-state index in [1.165, 1.54) is 38.3 Å². The summed E-state index contributed by atoms with van der Waals surface area (Å²) in [5.74, 6) is -0.103. The topological polar surface area (TPSA) is 150 Å². The van der Waals surface area contributed by atoms with Gasteiger partial charge in [0.1, 0.15) is 12.4 Å². The highest BCUT2D eigenvalue weighted by Crippen LogP contribution is 2.18. The van der Waals surface area contributed by atoms with E-state index >= 15 is 0 Å². The Morgan fingerprint density at radius 1 is 1.10 bits per heavy atom. The van der Waals surface area contributed by atoms with E-state index in [1.807, 2.05) is 0 Å². The second-order valence-electron chi connectivity index (χ2n) is 5.52. The molecule has 0 aliphatic carbocycles. The summed E-state index contributed by atoms with van der Waals surface area (Å²) in [4.78, 5) is 36.5. The SMILES string of the molecule is CCOCCOC(=O)N(C(=O)Nc1nc(C)nc(OC)n1)S(=O)(=O)c1ccccc1. The third-order valence-electron chi connectivity index (χ3n) is 3.42. The Morgan fingerprint density at radius 2 is 1.80 bits per heavy atom. The third-order valence-corrected chi connectivity index (χ3v) is 5.08. The van der Waals surface area contributed by atoms with E-state index in [0.717, 1.165) is 0 Å². The first kappa shape index (κ1) is 23.0. The first-order chi connectivity index (χ1) is 14.3. The van der Waals surface area contributed by atoms with Gasteiger partial charge in [-0.05, 0) is 26.0 Å². The van der Waals surface area contributed by atoms with Crippen molar-refractivity contribution in [2.45, 2.75) is 18.7 Å². The molecule has 0 aliphatic rings. The molecule has 1 aromatic heterocycles. The number of imide groups is 1. The van der Waals surface area contributed by atoms with Crippen LogP contribution < -0.4 is 10.1 Å². The number of benzene rings is 1. The predicted molar refractivity (Wildman–Crippen MR) is 103 cm³/mol. The minimum absolute atomic E-state index is 0.0347. The van der Waals surface area contributed by atoms with E-state index in [4.69, 9.17) is 14.2 Å². The zero-order valence-corrected chi connectivity index (χ0v) is 17.4. The maximum Gasteiger partial charge on any atom is 0.432 e. The summed E-state index contributed by atoms with van der Waals surface area (Å²) in [6.45, 7) is 3.42. The number of amides is 3. The van der Waals surface area contributed by atoms with Gasteiger partial charge in [-0.15, -0.1) is 4.31 Å². The fourth-order valence-electron chi connectivity index (χ4n) is 2.13. The van der Waals surface area contributed by atoms with Gasteiger partial charge in [-0.2, -0.15) is 15.0 Å². The number of anilines is 1. The second-order valence-corrected chi connectivity index (χ2v) is 7.30. The van der Waals surface area contributed by atoms with E-state index in [2.05, 4.69) is 20.3 Å². The van der Waals surface area contributed by atoms with Gasteiger partial charge in [0.2, 0.25) is 5.95 Å². The number of methoxy groups -OCH3 is 1. The van der Waals surface area contributed by atoms with Crippen LogP contribution in [-0.2, 0) is 19.5 Å². The van der Waals surface area contributed by atoms with E-state index < -0.39 is 22.1 Å². The molecule has 3 amide bonds. The maximum absolute atomic E-state index is 12.9. The van der Waals surface area contributed by atoms with Crippen LogP contribution in [-0.4, -0.2) is 66.7 Å². The minimum Gasteiger partial charge on any atom is -0.467 e. The highest BCUT2D eigenvalue weighted by Gasteiger charge is 2.37. The smallest absolute Gasteiger partial charge is 0.432 e. The number of carbonyl (C=O) groups is 2. The molecule has 0 radical (unpaired) electrons. The van der Waals surface area contributed by atoms with Gasteiger partial charge >= 0.3 is 18.1 Å². The molecule has 0 spiro atoms. The summed E-state index contributed by atoms with van der Waals surface area (Å²) in [6.07, 6.45) is -1.41. The van der Waals surface area contributed by atoms with E-state index in [1.54, 1.807) is 13.0 Å². The highest BCUT2D eigenvalue weighted by molar-refractivity contribution is 7.90. The molecule has 0 atom stereocenters. The van der Waals surface area contributed by atoms with Gasteiger partial charge in [0.05, 0.1) is 18.6 Å². The number of rotatable bonds is 8. The number of ether oxygens (including phenoxy) is 3. The molecule has 0 bridgehead atoms. The van der Waals surface area contributed by atoms with Gasteiger partial charge in [-0.1, -0.05) is 18.2 Å². The quantitative estimate of drug-likeness (QED) is 0.600. The average molecular weight is 439 g/mol. The van der Waals surface area contributed by atoms with Gasteiger partial charge in [-0.25, -0.2) is 18.0 Å². The zero-order valence-electron chi connectivity index (χ0n) is 16.6. The number of nitrogens with one attached hydrogen (secondary N) is 1. The molecule has 0 saturated heterocycles. The molecule has 13 heteroatoms. The summed E-state index contributed by atoms with van der Waals surface area (Å²) in [5, 5.41) is 2.15. The lowest BCUT2D eigenvalue weighted by atomic mass is 10.4. The number of carbonyl (C=O) groups excluding carboxylic acids is 2. The molecule has 0 aliphatic heterocycles. The molecule has 2 aromatic rings. The van der Waals surface area contributed by atoms with Crippen molar-refractivity contribution >= 4 is 28.1 Å². The molecule has 1 N–H and O–H groups in total. The molecule has 0 fully saturated rings. The number of hydrogen-bond donors (Lipinski definition) is 1. The Labute approximate surface area is 173 Å². The lowest BCUT2D eigenvalue weighted by molar-refractivity contribution is 0.0730. The molecule has 1 heterocycles. The van der Waals surface area contributed by atoms with Crippen LogP contribution in [0.2, 0.25) is 0 Å². The number of nitrogens with zero attached hydrogens (tertiary/aromatic N) is 4. The van der Waals surface area contributed by atoms with Crippen molar-refractivity contribution in [1.29, 1.82) is 0 Å². The number of aromatic nitrogens is 3. The van der Waals surface area contributed by atoms with Gasteiger partial charge in [0, 0.05) is 6.61 Å². The standard InChI is InChI=1S/C17H21N5O7S/c1-4-28-10-11-29-17(24)22(30(25,26)13-8-6-5-7-9-13)16(23)21-14-18-12(2)19-15(20-14)27-3/h5-9H,4,10-11H2,1-3H3,(H,18,19,20,21,23). The number of hydrogen-bond acceptors (Lipinski definition) is 10. The van der Waals surface area contributed by atoms with Crippen molar-refractivity contribution in [3.05, 3.63) is 36.2 Å². The van der Waals surface area contributed by atoms with Crippen LogP contribution in [0.5, 0.6) is 6.01 Å². The zero-order chi connectivity index (χ0) is 22.1. The van der Waals surface area contributed by atoms with Crippen LogP contribution in [0.1, 0.15) is 12.7 Å². The monoisotopic (exact) mass is 439 g/mol. The van der Waals surface area contributed by atoms with Crippen LogP contribution in [0.3, 0.4) is 0 Å². The Hall–Kier alpha value is -3.32. The van der Waals surface area contributed by atoms with Crippen molar-refractivity contribution < 1.29 is 32.2 Å². The van der Waals surface area contributed by atoms with Crippen LogP contribution in [0.25, 0.3) is 0 Å². The van der Waals surface area contributed by atoms with E-state index in [-0.39, 0.29) is 40.2 Å². The first-order valence-corrected chi connectivity index (χ1v) is 10.2. The lowest BCUT2D eigenvalue weighted by Crippen LogP contribution is -2.45. The fraction of sp³-hybridized carbons (Fsp3) is 0.353.